The Morgan fingerprint density at radius 2 is 2.35 bits per heavy atom. The summed E-state index contributed by atoms with van der Waals surface area (Å²) in [6, 6.07) is 5.83. The van der Waals surface area contributed by atoms with Gasteiger partial charge >= 0.3 is 0 Å². The van der Waals surface area contributed by atoms with Crippen LogP contribution < -0.4 is 10.5 Å². The van der Waals surface area contributed by atoms with Gasteiger partial charge in [0.25, 0.3) is 0 Å². The van der Waals surface area contributed by atoms with E-state index in [0.717, 1.165) is 21.5 Å². The average Bonchev–Trinajstić information content (AvgIpc) is 2.78. The molecule has 5 heteroatoms. The summed E-state index contributed by atoms with van der Waals surface area (Å²) in [4.78, 5) is 4.18. The van der Waals surface area contributed by atoms with Gasteiger partial charge in [0.05, 0.1) is 11.2 Å². The summed E-state index contributed by atoms with van der Waals surface area (Å²) in [6.07, 6.45) is 0. The lowest BCUT2D eigenvalue weighted by Gasteiger charge is -2.13. The van der Waals surface area contributed by atoms with E-state index in [9.17, 15) is 0 Å². The second-order valence-electron chi connectivity index (χ2n) is 3.74. The molecule has 0 aliphatic rings. The SMILES string of the molecule is C[C@@H](N)c1ccc(Br)cc1OCc1cscn1. The fourth-order valence-corrected chi connectivity index (χ4v) is 2.35. The number of ether oxygens (including phenoxy) is 1. The van der Waals surface area contributed by atoms with Crippen LogP contribution in [0.15, 0.2) is 33.6 Å². The minimum absolute atomic E-state index is 0.0477. The molecule has 2 N–H and O–H groups in total. The molecule has 3 nitrogen and oxygen atoms in total. The monoisotopic (exact) mass is 312 g/mol. The fraction of sp³-hybridized carbons (Fsp3) is 0.250. The van der Waals surface area contributed by atoms with Gasteiger partial charge in [-0.3, -0.25) is 0 Å². The predicted octanol–water partition coefficient (Wildman–Crippen LogP) is 3.50. The second-order valence-corrected chi connectivity index (χ2v) is 5.37. The molecule has 0 aliphatic carbocycles. The van der Waals surface area contributed by atoms with E-state index in [0.29, 0.717) is 6.61 Å². The highest BCUT2D eigenvalue weighted by atomic mass is 79.9. The standard InChI is InChI=1S/C12H13BrN2OS/c1-8(14)11-3-2-9(13)4-12(11)16-5-10-6-17-7-15-10/h2-4,6-8H,5,14H2,1H3/t8-/m1/s1. The molecule has 0 radical (unpaired) electrons. The highest BCUT2D eigenvalue weighted by Gasteiger charge is 2.09. The number of halogens is 1. The first-order valence-electron chi connectivity index (χ1n) is 5.21. The van der Waals surface area contributed by atoms with Gasteiger partial charge in [-0.25, -0.2) is 4.98 Å². The number of nitrogens with zero attached hydrogens (tertiary/aromatic N) is 1. The van der Waals surface area contributed by atoms with E-state index in [2.05, 4.69) is 20.9 Å². The molecule has 1 atom stereocenters. The molecule has 2 aromatic rings. The normalized spacial score (nSPS) is 12.4. The van der Waals surface area contributed by atoms with Crippen molar-refractivity contribution in [2.45, 2.75) is 19.6 Å². The van der Waals surface area contributed by atoms with Gasteiger partial charge in [0.1, 0.15) is 12.4 Å². The number of thiazole rings is 1. The molecule has 1 heterocycles. The second kappa shape index (κ2) is 5.62. The Bertz CT molecular complexity index is 485. The van der Waals surface area contributed by atoms with Crippen molar-refractivity contribution in [1.29, 1.82) is 0 Å². The first-order chi connectivity index (χ1) is 8.16. The maximum atomic E-state index is 5.90. The van der Waals surface area contributed by atoms with Crippen molar-refractivity contribution in [3.8, 4) is 5.75 Å². The van der Waals surface area contributed by atoms with Gasteiger partial charge < -0.3 is 10.5 Å². The number of hydrogen-bond acceptors (Lipinski definition) is 4. The Labute approximate surface area is 113 Å². The number of aromatic nitrogens is 1. The average molecular weight is 313 g/mol. The Morgan fingerprint density at radius 3 is 3.00 bits per heavy atom. The molecule has 0 spiro atoms. The molecule has 0 saturated carbocycles. The summed E-state index contributed by atoms with van der Waals surface area (Å²) in [6.45, 7) is 2.42. The zero-order chi connectivity index (χ0) is 12.3. The predicted molar refractivity (Wildman–Crippen MR) is 73.2 cm³/mol. The first-order valence-corrected chi connectivity index (χ1v) is 6.95. The Morgan fingerprint density at radius 1 is 1.53 bits per heavy atom. The number of rotatable bonds is 4. The third kappa shape index (κ3) is 3.28. The Kier molecular flexibility index (Phi) is 4.15. The van der Waals surface area contributed by atoms with Crippen molar-refractivity contribution in [2.24, 2.45) is 5.73 Å². The summed E-state index contributed by atoms with van der Waals surface area (Å²) >= 11 is 4.99. The van der Waals surface area contributed by atoms with E-state index in [-0.39, 0.29) is 6.04 Å². The van der Waals surface area contributed by atoms with Crippen molar-refractivity contribution in [3.63, 3.8) is 0 Å². The lowest BCUT2D eigenvalue weighted by Crippen LogP contribution is -2.08. The maximum Gasteiger partial charge on any atom is 0.131 e. The van der Waals surface area contributed by atoms with Crippen LogP contribution in [0.4, 0.5) is 0 Å². The molecule has 0 saturated heterocycles. The summed E-state index contributed by atoms with van der Waals surface area (Å²) in [5, 5.41) is 1.98. The van der Waals surface area contributed by atoms with Gasteiger partial charge in [-0.05, 0) is 19.1 Å². The molecule has 0 unspecified atom stereocenters. The third-order valence-corrected chi connectivity index (χ3v) is 3.45. The van der Waals surface area contributed by atoms with E-state index in [1.807, 2.05) is 30.5 Å². The third-order valence-electron chi connectivity index (χ3n) is 2.33. The van der Waals surface area contributed by atoms with Gasteiger partial charge in [0, 0.05) is 21.5 Å². The van der Waals surface area contributed by atoms with Crippen LogP contribution in [0.1, 0.15) is 24.2 Å². The summed E-state index contributed by atoms with van der Waals surface area (Å²) in [5.74, 6) is 0.808. The molecule has 2 rings (SSSR count). The van der Waals surface area contributed by atoms with Gasteiger partial charge in [0.15, 0.2) is 0 Å². The smallest absolute Gasteiger partial charge is 0.131 e. The molecule has 0 bridgehead atoms. The summed E-state index contributed by atoms with van der Waals surface area (Å²) in [5.41, 5.74) is 9.64. The summed E-state index contributed by atoms with van der Waals surface area (Å²) < 4.78 is 6.74. The molecular weight excluding hydrogens is 300 g/mol. The van der Waals surface area contributed by atoms with E-state index in [1.165, 1.54) is 0 Å². The van der Waals surface area contributed by atoms with Crippen molar-refractivity contribution in [1.82, 2.24) is 4.98 Å². The van der Waals surface area contributed by atoms with E-state index >= 15 is 0 Å². The molecule has 0 amide bonds. The quantitative estimate of drug-likeness (QED) is 0.940. The molecule has 0 aliphatic heterocycles. The van der Waals surface area contributed by atoms with Crippen LogP contribution in [-0.4, -0.2) is 4.98 Å². The van der Waals surface area contributed by atoms with Crippen molar-refractivity contribution in [3.05, 3.63) is 44.8 Å². The number of hydrogen-bond donors (Lipinski definition) is 1. The molecule has 17 heavy (non-hydrogen) atoms. The lowest BCUT2D eigenvalue weighted by atomic mass is 10.1. The molecule has 0 fully saturated rings. The number of nitrogens with two attached hydrogens (primary N) is 1. The Balaban J connectivity index is 2.16. The van der Waals surface area contributed by atoms with E-state index < -0.39 is 0 Å². The Hall–Kier alpha value is -0.910. The fourth-order valence-electron chi connectivity index (χ4n) is 1.47. The van der Waals surface area contributed by atoms with Crippen LogP contribution in [-0.2, 0) is 6.61 Å². The zero-order valence-corrected chi connectivity index (χ0v) is 11.8. The van der Waals surface area contributed by atoms with Crippen LogP contribution in [0.2, 0.25) is 0 Å². The zero-order valence-electron chi connectivity index (χ0n) is 9.39. The van der Waals surface area contributed by atoms with Crippen LogP contribution in [0.3, 0.4) is 0 Å². The topological polar surface area (TPSA) is 48.1 Å². The van der Waals surface area contributed by atoms with Gasteiger partial charge in [-0.15, -0.1) is 11.3 Å². The summed E-state index contributed by atoms with van der Waals surface area (Å²) in [7, 11) is 0. The molecule has 1 aromatic heterocycles. The van der Waals surface area contributed by atoms with Gasteiger partial charge in [0.2, 0.25) is 0 Å². The van der Waals surface area contributed by atoms with Gasteiger partial charge in [-0.1, -0.05) is 22.0 Å². The lowest BCUT2D eigenvalue weighted by molar-refractivity contribution is 0.297. The van der Waals surface area contributed by atoms with Crippen molar-refractivity contribution >= 4 is 27.3 Å². The minimum Gasteiger partial charge on any atom is -0.487 e. The van der Waals surface area contributed by atoms with Crippen molar-refractivity contribution < 1.29 is 4.74 Å². The van der Waals surface area contributed by atoms with Crippen LogP contribution >= 0.6 is 27.3 Å². The minimum atomic E-state index is -0.0477. The van der Waals surface area contributed by atoms with Crippen molar-refractivity contribution in [2.75, 3.05) is 0 Å². The maximum absolute atomic E-state index is 5.90. The van der Waals surface area contributed by atoms with Gasteiger partial charge in [-0.2, -0.15) is 0 Å². The van der Waals surface area contributed by atoms with Crippen LogP contribution in [0.25, 0.3) is 0 Å². The molecular formula is C12H13BrN2OS. The molecule has 1 aromatic carbocycles. The first kappa shape index (κ1) is 12.5. The highest BCUT2D eigenvalue weighted by molar-refractivity contribution is 9.10. The van der Waals surface area contributed by atoms with E-state index in [1.54, 1.807) is 16.8 Å². The van der Waals surface area contributed by atoms with Crippen LogP contribution in [0, 0.1) is 0 Å². The number of benzene rings is 1. The largest absolute Gasteiger partial charge is 0.487 e. The molecule has 90 valence electrons. The van der Waals surface area contributed by atoms with E-state index in [4.69, 9.17) is 10.5 Å². The van der Waals surface area contributed by atoms with Crippen LogP contribution in [0.5, 0.6) is 5.75 Å². The highest BCUT2D eigenvalue weighted by Crippen LogP contribution is 2.28.